The van der Waals surface area contributed by atoms with Gasteiger partial charge in [-0.25, -0.2) is 4.98 Å². The summed E-state index contributed by atoms with van der Waals surface area (Å²) < 4.78 is 1.86. The van der Waals surface area contributed by atoms with Gasteiger partial charge in [-0.1, -0.05) is 30.8 Å². The third-order valence-corrected chi connectivity index (χ3v) is 5.35. The molecule has 0 N–H and O–H groups in total. The van der Waals surface area contributed by atoms with E-state index in [-0.39, 0.29) is 5.56 Å². The molecule has 0 aliphatic rings. The summed E-state index contributed by atoms with van der Waals surface area (Å²) in [5, 5.41) is 1.55. The molecule has 0 unspecified atom stereocenters. The lowest BCUT2D eigenvalue weighted by molar-refractivity contribution is 0.166. The van der Waals surface area contributed by atoms with Crippen LogP contribution in [0.4, 0.5) is 0 Å². The number of hydrogen-bond acceptors (Lipinski definition) is 4. The van der Waals surface area contributed by atoms with Gasteiger partial charge in [-0.05, 0) is 46.2 Å². The number of aromatic nitrogens is 2. The summed E-state index contributed by atoms with van der Waals surface area (Å²) in [6.45, 7) is 12.5. The van der Waals surface area contributed by atoms with Crippen LogP contribution in [-0.2, 0) is 6.54 Å². The highest BCUT2D eigenvalue weighted by Crippen LogP contribution is 2.19. The molecule has 132 valence electrons. The number of rotatable bonds is 8. The molecule has 0 fully saturated rings. The molecule has 1 aromatic carbocycles. The van der Waals surface area contributed by atoms with Gasteiger partial charge in [-0.2, -0.15) is 0 Å². The largest absolute Gasteiger partial charge is 0.297 e. The quantitative estimate of drug-likeness (QED) is 0.534. The minimum absolute atomic E-state index is 0.0756. The summed E-state index contributed by atoms with van der Waals surface area (Å²) in [5.74, 6) is 0.975. The Kier molecular flexibility index (Phi) is 6.87. The van der Waals surface area contributed by atoms with E-state index in [0.717, 1.165) is 29.4 Å². The zero-order chi connectivity index (χ0) is 17.7. The minimum atomic E-state index is 0.0756. The molecule has 5 heteroatoms. The van der Waals surface area contributed by atoms with Gasteiger partial charge in [0.25, 0.3) is 5.56 Å². The summed E-state index contributed by atoms with van der Waals surface area (Å²) in [5.41, 5.74) is 0.869. The number of para-hydroxylation sites is 1. The van der Waals surface area contributed by atoms with E-state index in [1.807, 2.05) is 28.8 Å². The van der Waals surface area contributed by atoms with Crippen molar-refractivity contribution in [1.29, 1.82) is 0 Å². The lowest BCUT2D eigenvalue weighted by atomic mass is 10.2. The first-order valence-corrected chi connectivity index (χ1v) is 9.82. The van der Waals surface area contributed by atoms with Crippen LogP contribution in [0.3, 0.4) is 0 Å². The minimum Gasteiger partial charge on any atom is -0.297 e. The molecule has 24 heavy (non-hydrogen) atoms. The van der Waals surface area contributed by atoms with Gasteiger partial charge in [0.05, 0.1) is 10.9 Å². The Bertz CT molecular complexity index is 716. The van der Waals surface area contributed by atoms with Gasteiger partial charge in [0.2, 0.25) is 0 Å². The molecule has 0 bridgehead atoms. The maximum Gasteiger partial charge on any atom is 0.262 e. The fraction of sp³-hybridized carbons (Fsp3) is 0.579. The van der Waals surface area contributed by atoms with Crippen LogP contribution in [0.25, 0.3) is 10.9 Å². The van der Waals surface area contributed by atoms with Crippen LogP contribution < -0.4 is 5.56 Å². The molecule has 2 rings (SSSR count). The number of fused-ring (bicyclic) bond motifs is 1. The Morgan fingerprint density at radius 3 is 2.46 bits per heavy atom. The highest BCUT2D eigenvalue weighted by molar-refractivity contribution is 7.99. The van der Waals surface area contributed by atoms with Gasteiger partial charge in [0.15, 0.2) is 5.16 Å². The van der Waals surface area contributed by atoms with Crippen LogP contribution in [0.15, 0.2) is 34.2 Å². The average molecular weight is 348 g/mol. The Morgan fingerprint density at radius 2 is 1.83 bits per heavy atom. The van der Waals surface area contributed by atoms with Crippen molar-refractivity contribution in [1.82, 2.24) is 14.5 Å². The second-order valence-corrected chi connectivity index (χ2v) is 7.70. The summed E-state index contributed by atoms with van der Waals surface area (Å²) in [6, 6.07) is 8.56. The first kappa shape index (κ1) is 19.0. The highest BCUT2D eigenvalue weighted by atomic mass is 32.2. The topological polar surface area (TPSA) is 38.1 Å². The van der Waals surface area contributed by atoms with Crippen LogP contribution in [0.5, 0.6) is 0 Å². The summed E-state index contributed by atoms with van der Waals surface area (Å²) >= 11 is 1.68. The van der Waals surface area contributed by atoms with Gasteiger partial charge < -0.3 is 0 Å². The summed E-state index contributed by atoms with van der Waals surface area (Å²) in [7, 11) is 0. The zero-order valence-corrected chi connectivity index (χ0v) is 16.3. The highest BCUT2D eigenvalue weighted by Gasteiger charge is 2.16. The van der Waals surface area contributed by atoms with Crippen LogP contribution in [0, 0.1) is 0 Å². The van der Waals surface area contributed by atoms with Crippen molar-refractivity contribution in [2.24, 2.45) is 0 Å². The molecule has 0 amide bonds. The van der Waals surface area contributed by atoms with Crippen molar-refractivity contribution >= 4 is 22.7 Å². The number of hydrogen-bond donors (Lipinski definition) is 0. The van der Waals surface area contributed by atoms with Gasteiger partial charge in [0.1, 0.15) is 0 Å². The third kappa shape index (κ3) is 4.39. The average Bonchev–Trinajstić information content (AvgIpc) is 2.54. The first-order chi connectivity index (χ1) is 11.5. The van der Waals surface area contributed by atoms with Crippen molar-refractivity contribution < 1.29 is 0 Å². The smallest absolute Gasteiger partial charge is 0.262 e. The molecule has 0 radical (unpaired) electrons. The molecular formula is C19H29N3OS. The Morgan fingerprint density at radius 1 is 1.17 bits per heavy atom. The zero-order valence-electron chi connectivity index (χ0n) is 15.5. The fourth-order valence-corrected chi connectivity index (χ4v) is 3.86. The van der Waals surface area contributed by atoms with E-state index in [2.05, 4.69) is 39.5 Å². The van der Waals surface area contributed by atoms with Gasteiger partial charge in [0, 0.05) is 30.9 Å². The van der Waals surface area contributed by atoms with Gasteiger partial charge in [-0.15, -0.1) is 0 Å². The van der Waals surface area contributed by atoms with Crippen LogP contribution in [0.2, 0.25) is 0 Å². The van der Waals surface area contributed by atoms with Crippen molar-refractivity contribution in [2.75, 3.05) is 12.3 Å². The molecule has 0 atom stereocenters. The van der Waals surface area contributed by atoms with Crippen molar-refractivity contribution in [3.8, 4) is 0 Å². The molecule has 2 aromatic rings. The van der Waals surface area contributed by atoms with Gasteiger partial charge >= 0.3 is 0 Å². The maximum absolute atomic E-state index is 13.0. The molecule has 1 aromatic heterocycles. The SMILES string of the molecule is CCCSc1nc2ccccc2c(=O)n1CCN(C(C)C)C(C)C. The number of benzene rings is 1. The van der Waals surface area contributed by atoms with Crippen LogP contribution >= 0.6 is 11.8 Å². The third-order valence-electron chi connectivity index (χ3n) is 4.17. The second kappa shape index (κ2) is 8.67. The van der Waals surface area contributed by atoms with E-state index in [9.17, 15) is 4.79 Å². The molecule has 0 aliphatic heterocycles. The van der Waals surface area contributed by atoms with Crippen molar-refractivity contribution in [2.45, 2.75) is 64.8 Å². The van der Waals surface area contributed by atoms with Crippen molar-refractivity contribution in [3.05, 3.63) is 34.6 Å². The van der Waals surface area contributed by atoms with Crippen LogP contribution in [-0.4, -0.2) is 38.8 Å². The Balaban J connectivity index is 2.38. The maximum atomic E-state index is 13.0. The van der Waals surface area contributed by atoms with Gasteiger partial charge in [-0.3, -0.25) is 14.3 Å². The van der Waals surface area contributed by atoms with E-state index < -0.39 is 0 Å². The van der Waals surface area contributed by atoms with Crippen LogP contribution in [0.1, 0.15) is 41.0 Å². The lowest BCUT2D eigenvalue weighted by Gasteiger charge is -2.30. The first-order valence-electron chi connectivity index (χ1n) is 8.83. The lowest BCUT2D eigenvalue weighted by Crippen LogP contribution is -2.40. The summed E-state index contributed by atoms with van der Waals surface area (Å²) in [4.78, 5) is 20.1. The van der Waals surface area contributed by atoms with E-state index in [4.69, 9.17) is 4.98 Å². The Labute approximate surface area is 149 Å². The number of nitrogens with zero attached hydrogens (tertiary/aromatic N) is 3. The molecule has 1 heterocycles. The standard InChI is InChI=1S/C19H29N3OS/c1-6-13-24-19-20-17-10-8-7-9-16(17)18(23)22(19)12-11-21(14(2)3)15(4)5/h7-10,14-15H,6,11-13H2,1-5H3. The van der Waals surface area contributed by atoms with Crippen molar-refractivity contribution in [3.63, 3.8) is 0 Å². The van der Waals surface area contributed by atoms with E-state index in [1.54, 1.807) is 11.8 Å². The Hall–Kier alpha value is -1.33. The predicted molar refractivity (Wildman–Crippen MR) is 104 cm³/mol. The predicted octanol–water partition coefficient (Wildman–Crippen LogP) is 4.02. The second-order valence-electron chi connectivity index (χ2n) is 6.64. The molecule has 0 saturated carbocycles. The molecule has 4 nitrogen and oxygen atoms in total. The monoisotopic (exact) mass is 347 g/mol. The van der Waals surface area contributed by atoms with E-state index in [1.165, 1.54) is 0 Å². The van der Waals surface area contributed by atoms with E-state index >= 15 is 0 Å². The fourth-order valence-electron chi connectivity index (χ4n) is 2.98. The van der Waals surface area contributed by atoms with E-state index in [0.29, 0.717) is 24.0 Å². The molecule has 0 saturated heterocycles. The molecule has 0 aliphatic carbocycles. The summed E-state index contributed by atoms with van der Waals surface area (Å²) in [6.07, 6.45) is 1.07. The number of thioether (sulfide) groups is 1. The molecular weight excluding hydrogens is 318 g/mol. The molecule has 0 spiro atoms. The normalized spacial score (nSPS) is 12.0.